The number of H-pyrrole nitrogens is 1. The van der Waals surface area contributed by atoms with Crippen molar-refractivity contribution in [1.82, 2.24) is 10.4 Å². The fourth-order valence-electron chi connectivity index (χ4n) is 4.91. The Kier molecular flexibility index (Phi) is 7.61. The summed E-state index contributed by atoms with van der Waals surface area (Å²) in [5.41, 5.74) is 7.08. The lowest BCUT2D eigenvalue weighted by atomic mass is 9.99. The van der Waals surface area contributed by atoms with Crippen LogP contribution in [0.2, 0.25) is 5.02 Å². The molecule has 0 aliphatic carbocycles. The molecule has 8 heteroatoms. The third kappa shape index (κ3) is 5.44. The van der Waals surface area contributed by atoms with Crippen LogP contribution in [0.3, 0.4) is 0 Å². The van der Waals surface area contributed by atoms with Crippen molar-refractivity contribution in [2.45, 2.75) is 6.92 Å². The molecule has 0 saturated heterocycles. The normalized spacial score (nSPS) is 11.3. The number of hydrazone groups is 1. The highest BCUT2D eigenvalue weighted by atomic mass is 79.9. The second kappa shape index (κ2) is 11.6. The number of hydrogen-bond acceptors (Lipinski definition) is 4. The van der Waals surface area contributed by atoms with Crippen LogP contribution in [-0.4, -0.2) is 23.1 Å². The third-order valence-electron chi connectivity index (χ3n) is 6.87. The highest BCUT2D eigenvalue weighted by Crippen LogP contribution is 2.39. The Balaban J connectivity index is 1.34. The van der Waals surface area contributed by atoms with Gasteiger partial charge in [-0.3, -0.25) is 4.79 Å². The molecule has 206 valence electrons. The summed E-state index contributed by atoms with van der Waals surface area (Å²) in [6, 6.07) is 31.7. The Morgan fingerprint density at radius 1 is 0.905 bits per heavy atom. The minimum absolute atomic E-state index is 0.302. The highest BCUT2D eigenvalue weighted by Gasteiger charge is 2.22. The van der Waals surface area contributed by atoms with Gasteiger partial charge in [0.1, 0.15) is 11.4 Å². The van der Waals surface area contributed by atoms with E-state index in [0.29, 0.717) is 33.2 Å². The second-order valence-corrected chi connectivity index (χ2v) is 11.0. The van der Waals surface area contributed by atoms with Gasteiger partial charge in [-0.25, -0.2) is 10.2 Å². The predicted molar refractivity (Wildman–Crippen MR) is 172 cm³/mol. The van der Waals surface area contributed by atoms with E-state index in [-0.39, 0.29) is 0 Å². The lowest BCUT2D eigenvalue weighted by Gasteiger charge is -2.09. The van der Waals surface area contributed by atoms with Crippen LogP contribution in [0.15, 0.2) is 113 Å². The number of esters is 1. The molecule has 1 heterocycles. The number of aromatic nitrogens is 1. The van der Waals surface area contributed by atoms with Gasteiger partial charge < -0.3 is 9.72 Å². The number of ether oxygens (including phenoxy) is 1. The lowest BCUT2D eigenvalue weighted by molar-refractivity contribution is 0.0734. The zero-order valence-electron chi connectivity index (χ0n) is 22.3. The van der Waals surface area contributed by atoms with Gasteiger partial charge in [0.2, 0.25) is 0 Å². The number of amides is 1. The van der Waals surface area contributed by atoms with Crippen molar-refractivity contribution < 1.29 is 14.3 Å². The Hall–Kier alpha value is -4.72. The van der Waals surface area contributed by atoms with Crippen molar-refractivity contribution in [3.05, 3.63) is 135 Å². The minimum atomic E-state index is -0.491. The molecule has 1 aromatic heterocycles. The fourth-order valence-corrected chi connectivity index (χ4v) is 5.52. The molecule has 6 aromatic rings. The summed E-state index contributed by atoms with van der Waals surface area (Å²) in [4.78, 5) is 29.7. The number of aryl methyl sites for hydroxylation is 1. The second-order valence-electron chi connectivity index (χ2n) is 9.70. The summed E-state index contributed by atoms with van der Waals surface area (Å²) in [6.07, 6.45) is 1.44. The van der Waals surface area contributed by atoms with E-state index < -0.39 is 11.9 Å². The molecular weight excluding hydrogens is 614 g/mol. The molecule has 0 unspecified atom stereocenters. The smallest absolute Gasteiger partial charge is 0.343 e. The average molecular weight is 637 g/mol. The van der Waals surface area contributed by atoms with Crippen LogP contribution in [0.1, 0.15) is 32.0 Å². The number of fused-ring (bicyclic) bond motifs is 3. The van der Waals surface area contributed by atoms with Crippen LogP contribution in [0.4, 0.5) is 0 Å². The standard InChI is InChI=1S/C34H23BrClN3O3/c1-20-7-6-9-22(17-20)34(41)42-29-16-14-24(35)18-23(29)19-37-39-33(40)32-30(26-11-4-5-12-28(26)36)27-15-13-21-8-2-3-10-25(21)31(27)38-32/h2-19,38H,1H3,(H,39,40). The lowest BCUT2D eigenvalue weighted by Crippen LogP contribution is -2.19. The molecule has 0 spiro atoms. The van der Waals surface area contributed by atoms with E-state index >= 15 is 0 Å². The van der Waals surface area contributed by atoms with E-state index in [2.05, 4.69) is 31.4 Å². The Morgan fingerprint density at radius 3 is 2.55 bits per heavy atom. The molecule has 6 rings (SSSR count). The Labute approximate surface area is 255 Å². The summed E-state index contributed by atoms with van der Waals surface area (Å²) in [7, 11) is 0. The van der Waals surface area contributed by atoms with Crippen LogP contribution >= 0.6 is 27.5 Å². The number of carbonyl (C=O) groups is 2. The number of nitrogens with zero attached hydrogens (tertiary/aromatic N) is 1. The molecule has 0 aliphatic heterocycles. The molecule has 0 bridgehead atoms. The average Bonchev–Trinajstić information content (AvgIpc) is 3.39. The minimum Gasteiger partial charge on any atom is -0.422 e. The number of nitrogens with one attached hydrogen (secondary N) is 2. The summed E-state index contributed by atoms with van der Waals surface area (Å²) in [5, 5.41) is 7.64. The number of hydrogen-bond donors (Lipinski definition) is 2. The number of halogens is 2. The summed E-state index contributed by atoms with van der Waals surface area (Å²) in [5.74, 6) is -0.638. The molecule has 0 radical (unpaired) electrons. The summed E-state index contributed by atoms with van der Waals surface area (Å²) >= 11 is 10.0. The van der Waals surface area contributed by atoms with E-state index in [0.717, 1.165) is 37.3 Å². The van der Waals surface area contributed by atoms with Gasteiger partial charge in [0.15, 0.2) is 0 Å². The van der Waals surface area contributed by atoms with E-state index in [9.17, 15) is 9.59 Å². The van der Waals surface area contributed by atoms with Gasteiger partial charge in [0, 0.05) is 37.0 Å². The summed E-state index contributed by atoms with van der Waals surface area (Å²) in [6.45, 7) is 1.91. The zero-order valence-corrected chi connectivity index (χ0v) is 24.7. The first kappa shape index (κ1) is 27.4. The van der Waals surface area contributed by atoms with Gasteiger partial charge in [0.05, 0.1) is 17.3 Å². The zero-order chi connectivity index (χ0) is 29.2. The number of benzene rings is 5. The van der Waals surface area contributed by atoms with Crippen LogP contribution in [0, 0.1) is 6.92 Å². The van der Waals surface area contributed by atoms with Crippen molar-refractivity contribution in [1.29, 1.82) is 0 Å². The van der Waals surface area contributed by atoms with E-state index in [1.54, 1.807) is 42.5 Å². The van der Waals surface area contributed by atoms with Crippen LogP contribution in [-0.2, 0) is 0 Å². The first-order valence-corrected chi connectivity index (χ1v) is 14.3. The molecule has 0 saturated carbocycles. The quantitative estimate of drug-likeness (QED) is 0.0830. The SMILES string of the molecule is Cc1cccc(C(=O)Oc2ccc(Br)cc2C=NNC(=O)c2[nH]c3c(ccc4ccccc43)c2-c2ccccc2Cl)c1. The van der Waals surface area contributed by atoms with Crippen molar-refractivity contribution in [2.75, 3.05) is 0 Å². The first-order valence-electron chi connectivity index (χ1n) is 13.1. The Morgan fingerprint density at radius 2 is 1.71 bits per heavy atom. The van der Waals surface area contributed by atoms with Gasteiger partial charge in [-0.2, -0.15) is 5.10 Å². The van der Waals surface area contributed by atoms with Crippen LogP contribution in [0.25, 0.3) is 32.8 Å². The number of rotatable bonds is 6. The first-order chi connectivity index (χ1) is 20.4. The maximum atomic E-state index is 13.6. The van der Waals surface area contributed by atoms with Crippen molar-refractivity contribution >= 4 is 67.3 Å². The number of aromatic amines is 1. The topological polar surface area (TPSA) is 83.5 Å². The Bertz CT molecular complexity index is 2030. The molecule has 0 aliphatic rings. The van der Waals surface area contributed by atoms with Gasteiger partial charge in [-0.05, 0) is 48.7 Å². The van der Waals surface area contributed by atoms with Crippen molar-refractivity contribution in [2.24, 2.45) is 5.10 Å². The maximum Gasteiger partial charge on any atom is 0.343 e. The molecule has 5 aromatic carbocycles. The molecular formula is C34H23BrClN3O3. The van der Waals surface area contributed by atoms with Crippen LogP contribution < -0.4 is 10.2 Å². The number of carbonyl (C=O) groups excluding carboxylic acids is 2. The molecule has 1 amide bonds. The predicted octanol–water partition coefficient (Wildman–Crippen LogP) is 8.70. The van der Waals surface area contributed by atoms with E-state index in [1.165, 1.54) is 6.21 Å². The summed E-state index contributed by atoms with van der Waals surface area (Å²) < 4.78 is 6.43. The highest BCUT2D eigenvalue weighted by molar-refractivity contribution is 9.10. The maximum absolute atomic E-state index is 13.6. The van der Waals surface area contributed by atoms with Gasteiger partial charge in [-0.15, -0.1) is 0 Å². The molecule has 0 fully saturated rings. The van der Waals surface area contributed by atoms with Gasteiger partial charge in [-0.1, -0.05) is 99.8 Å². The van der Waals surface area contributed by atoms with Crippen molar-refractivity contribution in [3.63, 3.8) is 0 Å². The third-order valence-corrected chi connectivity index (χ3v) is 7.69. The largest absolute Gasteiger partial charge is 0.422 e. The van der Waals surface area contributed by atoms with E-state index in [4.69, 9.17) is 16.3 Å². The molecule has 42 heavy (non-hydrogen) atoms. The van der Waals surface area contributed by atoms with Crippen molar-refractivity contribution in [3.8, 4) is 16.9 Å². The van der Waals surface area contributed by atoms with E-state index in [1.807, 2.05) is 67.6 Å². The monoisotopic (exact) mass is 635 g/mol. The van der Waals surface area contributed by atoms with Gasteiger partial charge in [0.25, 0.3) is 5.91 Å². The molecule has 2 N–H and O–H groups in total. The fraction of sp³-hybridized carbons (Fsp3) is 0.0294. The molecule has 0 atom stereocenters. The van der Waals surface area contributed by atoms with Crippen LogP contribution in [0.5, 0.6) is 5.75 Å². The molecule has 6 nitrogen and oxygen atoms in total. The van der Waals surface area contributed by atoms with Gasteiger partial charge >= 0.3 is 5.97 Å².